The zero-order valence-corrected chi connectivity index (χ0v) is 13.5. The first-order valence-corrected chi connectivity index (χ1v) is 7.61. The van der Waals surface area contributed by atoms with Crippen LogP contribution in [0.5, 0.6) is 0 Å². The summed E-state index contributed by atoms with van der Waals surface area (Å²) in [6.45, 7) is 4.50. The Kier molecular flexibility index (Phi) is 6.55. The van der Waals surface area contributed by atoms with Gasteiger partial charge in [0.1, 0.15) is 0 Å². The van der Waals surface area contributed by atoms with Crippen molar-refractivity contribution in [3.8, 4) is 0 Å². The summed E-state index contributed by atoms with van der Waals surface area (Å²) in [6.07, 6.45) is 4.96. The summed E-state index contributed by atoms with van der Waals surface area (Å²) >= 11 is 3.55. The van der Waals surface area contributed by atoms with Gasteiger partial charge in [-0.3, -0.25) is 0 Å². The van der Waals surface area contributed by atoms with Gasteiger partial charge in [-0.2, -0.15) is 0 Å². The lowest BCUT2D eigenvalue weighted by Gasteiger charge is -2.23. The quantitative estimate of drug-likeness (QED) is 0.770. The van der Waals surface area contributed by atoms with Gasteiger partial charge in [0, 0.05) is 24.6 Å². The fourth-order valence-electron chi connectivity index (χ4n) is 2.06. The molecule has 0 saturated heterocycles. The highest BCUT2D eigenvalue weighted by Gasteiger charge is 2.10. The molecule has 18 heavy (non-hydrogen) atoms. The first-order valence-electron chi connectivity index (χ1n) is 6.81. The standard InChI is InChI=1S/C15H25BrN2/c1-5-7-8-13(6-2)17-14-11-12(16)9-10-15(14)18(3)4/h9-11,13,17H,5-8H2,1-4H3. The zero-order chi connectivity index (χ0) is 13.5. The van der Waals surface area contributed by atoms with Gasteiger partial charge in [0.05, 0.1) is 11.4 Å². The third-order valence-electron chi connectivity index (χ3n) is 3.20. The van der Waals surface area contributed by atoms with Crippen LogP contribution < -0.4 is 10.2 Å². The molecule has 0 fully saturated rings. The first kappa shape index (κ1) is 15.4. The summed E-state index contributed by atoms with van der Waals surface area (Å²) in [4.78, 5) is 2.15. The van der Waals surface area contributed by atoms with Crippen LogP contribution >= 0.6 is 15.9 Å². The van der Waals surface area contributed by atoms with Crippen molar-refractivity contribution in [3.63, 3.8) is 0 Å². The van der Waals surface area contributed by atoms with Crippen molar-refractivity contribution >= 4 is 27.3 Å². The molecule has 0 saturated carbocycles. The van der Waals surface area contributed by atoms with Gasteiger partial charge < -0.3 is 10.2 Å². The number of halogens is 1. The van der Waals surface area contributed by atoms with Crippen molar-refractivity contribution in [1.82, 2.24) is 0 Å². The van der Waals surface area contributed by atoms with Gasteiger partial charge >= 0.3 is 0 Å². The fourth-order valence-corrected chi connectivity index (χ4v) is 2.42. The van der Waals surface area contributed by atoms with E-state index in [0.717, 1.165) is 4.47 Å². The fraction of sp³-hybridized carbons (Fsp3) is 0.600. The van der Waals surface area contributed by atoms with E-state index >= 15 is 0 Å². The Bertz CT molecular complexity index is 364. The number of nitrogens with zero attached hydrogens (tertiary/aromatic N) is 1. The van der Waals surface area contributed by atoms with E-state index in [9.17, 15) is 0 Å². The minimum Gasteiger partial charge on any atom is -0.381 e. The second-order valence-electron chi connectivity index (χ2n) is 4.95. The summed E-state index contributed by atoms with van der Waals surface area (Å²) in [5.74, 6) is 0. The molecular weight excluding hydrogens is 288 g/mol. The van der Waals surface area contributed by atoms with Gasteiger partial charge in [-0.25, -0.2) is 0 Å². The summed E-state index contributed by atoms with van der Waals surface area (Å²) in [6, 6.07) is 6.98. The highest BCUT2D eigenvalue weighted by molar-refractivity contribution is 9.10. The number of nitrogens with one attached hydrogen (secondary N) is 1. The Morgan fingerprint density at radius 2 is 2.00 bits per heavy atom. The smallest absolute Gasteiger partial charge is 0.0597 e. The van der Waals surface area contributed by atoms with Crippen molar-refractivity contribution in [2.24, 2.45) is 0 Å². The van der Waals surface area contributed by atoms with E-state index < -0.39 is 0 Å². The van der Waals surface area contributed by atoms with Crippen molar-refractivity contribution < 1.29 is 0 Å². The third kappa shape index (κ3) is 4.52. The molecule has 0 amide bonds. The van der Waals surface area contributed by atoms with Crippen LogP contribution in [0.25, 0.3) is 0 Å². The molecule has 0 aliphatic carbocycles. The number of rotatable bonds is 7. The molecule has 1 rings (SSSR count). The highest BCUT2D eigenvalue weighted by atomic mass is 79.9. The molecule has 1 unspecified atom stereocenters. The van der Waals surface area contributed by atoms with Gasteiger partial charge in [-0.15, -0.1) is 0 Å². The Hall–Kier alpha value is -0.700. The zero-order valence-electron chi connectivity index (χ0n) is 12.0. The van der Waals surface area contributed by atoms with Gasteiger partial charge in [0.2, 0.25) is 0 Å². The maximum Gasteiger partial charge on any atom is 0.0597 e. The summed E-state index contributed by atoms with van der Waals surface area (Å²) < 4.78 is 1.13. The van der Waals surface area contributed by atoms with Crippen molar-refractivity contribution in [3.05, 3.63) is 22.7 Å². The Balaban J connectivity index is 2.83. The van der Waals surface area contributed by atoms with Gasteiger partial charge in [-0.1, -0.05) is 42.6 Å². The normalized spacial score (nSPS) is 12.3. The highest BCUT2D eigenvalue weighted by Crippen LogP contribution is 2.29. The van der Waals surface area contributed by atoms with Crippen LogP contribution in [0.15, 0.2) is 22.7 Å². The molecule has 0 radical (unpaired) electrons. The topological polar surface area (TPSA) is 15.3 Å². The minimum absolute atomic E-state index is 0.568. The molecule has 2 nitrogen and oxygen atoms in total. The lowest BCUT2D eigenvalue weighted by molar-refractivity contribution is 0.593. The molecule has 0 aromatic heterocycles. The van der Waals surface area contributed by atoms with Crippen LogP contribution in [-0.2, 0) is 0 Å². The predicted octanol–water partition coefficient (Wildman–Crippen LogP) is 4.90. The number of anilines is 2. The number of unbranched alkanes of at least 4 members (excludes halogenated alkanes) is 1. The van der Waals surface area contributed by atoms with Gasteiger partial charge in [-0.05, 0) is 31.0 Å². The third-order valence-corrected chi connectivity index (χ3v) is 3.69. The van der Waals surface area contributed by atoms with E-state index in [1.165, 1.54) is 37.1 Å². The SMILES string of the molecule is CCCCC(CC)Nc1cc(Br)ccc1N(C)C. The monoisotopic (exact) mass is 312 g/mol. The van der Waals surface area contributed by atoms with Crippen molar-refractivity contribution in [2.75, 3.05) is 24.3 Å². The van der Waals surface area contributed by atoms with Crippen LogP contribution in [0.3, 0.4) is 0 Å². The van der Waals surface area contributed by atoms with Crippen LogP contribution in [0.4, 0.5) is 11.4 Å². The number of hydrogen-bond acceptors (Lipinski definition) is 2. The van der Waals surface area contributed by atoms with E-state index in [-0.39, 0.29) is 0 Å². The molecule has 0 aliphatic rings. The van der Waals surface area contributed by atoms with E-state index in [1.54, 1.807) is 0 Å². The summed E-state index contributed by atoms with van der Waals surface area (Å²) in [5.41, 5.74) is 2.46. The summed E-state index contributed by atoms with van der Waals surface area (Å²) in [7, 11) is 4.17. The Morgan fingerprint density at radius 3 is 2.56 bits per heavy atom. The molecule has 0 bridgehead atoms. The van der Waals surface area contributed by atoms with Crippen LogP contribution in [-0.4, -0.2) is 20.1 Å². The first-order chi connectivity index (χ1) is 8.58. The van der Waals surface area contributed by atoms with Crippen LogP contribution in [0.1, 0.15) is 39.5 Å². The number of hydrogen-bond donors (Lipinski definition) is 1. The molecule has 0 aliphatic heterocycles. The predicted molar refractivity (Wildman–Crippen MR) is 85.7 cm³/mol. The van der Waals surface area contributed by atoms with Crippen LogP contribution in [0.2, 0.25) is 0 Å². The largest absolute Gasteiger partial charge is 0.381 e. The van der Waals surface area contributed by atoms with Crippen molar-refractivity contribution in [2.45, 2.75) is 45.6 Å². The Morgan fingerprint density at radius 1 is 1.28 bits per heavy atom. The molecule has 1 aromatic rings. The average molecular weight is 313 g/mol. The maximum atomic E-state index is 3.68. The summed E-state index contributed by atoms with van der Waals surface area (Å²) in [5, 5.41) is 3.68. The number of benzene rings is 1. The molecule has 1 aromatic carbocycles. The molecule has 1 atom stereocenters. The molecule has 3 heteroatoms. The lowest BCUT2D eigenvalue weighted by atomic mass is 10.1. The molecule has 0 heterocycles. The van der Waals surface area contributed by atoms with Crippen molar-refractivity contribution in [1.29, 1.82) is 0 Å². The van der Waals surface area contributed by atoms with Crippen LogP contribution in [0, 0.1) is 0 Å². The minimum atomic E-state index is 0.568. The second kappa shape index (κ2) is 7.67. The second-order valence-corrected chi connectivity index (χ2v) is 5.86. The maximum absolute atomic E-state index is 3.68. The van der Waals surface area contributed by atoms with E-state index in [4.69, 9.17) is 0 Å². The van der Waals surface area contributed by atoms with Gasteiger partial charge in [0.15, 0.2) is 0 Å². The average Bonchev–Trinajstić information content (AvgIpc) is 2.34. The van der Waals surface area contributed by atoms with E-state index in [0.29, 0.717) is 6.04 Å². The Labute approximate surface area is 120 Å². The molecule has 102 valence electrons. The van der Waals surface area contributed by atoms with E-state index in [2.05, 4.69) is 72.3 Å². The molecule has 1 N–H and O–H groups in total. The van der Waals surface area contributed by atoms with Gasteiger partial charge in [0.25, 0.3) is 0 Å². The molecular formula is C15H25BrN2. The van der Waals surface area contributed by atoms with E-state index in [1.807, 2.05) is 0 Å². The molecule has 0 spiro atoms. The lowest BCUT2D eigenvalue weighted by Crippen LogP contribution is -2.20.